The van der Waals surface area contributed by atoms with E-state index in [1.807, 2.05) is 0 Å². The number of nitrogens with zero attached hydrogens (tertiary/aromatic N) is 1. The van der Waals surface area contributed by atoms with E-state index in [0.29, 0.717) is 18.0 Å². The zero-order valence-corrected chi connectivity index (χ0v) is 18.2. The van der Waals surface area contributed by atoms with Crippen molar-refractivity contribution in [1.82, 2.24) is 9.62 Å². The molecule has 1 amide bonds. The summed E-state index contributed by atoms with van der Waals surface area (Å²) in [5.41, 5.74) is 0.544. The molecule has 1 aliphatic heterocycles. The van der Waals surface area contributed by atoms with Gasteiger partial charge in [0.2, 0.25) is 15.9 Å². The van der Waals surface area contributed by atoms with Crippen molar-refractivity contribution in [3.8, 4) is 0 Å². The van der Waals surface area contributed by atoms with Crippen LogP contribution in [0.5, 0.6) is 0 Å². The average molecular weight is 430 g/mol. The lowest BCUT2D eigenvalue weighted by Gasteiger charge is -2.30. The molecule has 0 spiro atoms. The average Bonchev–Trinajstić information content (AvgIpc) is 3.20. The number of amides is 1. The fourth-order valence-corrected chi connectivity index (χ4v) is 5.52. The second-order valence-corrected chi connectivity index (χ2v) is 9.78. The fourth-order valence-electron chi connectivity index (χ4n) is 4.06. The number of nitrogens with one attached hydrogen (secondary N) is 2. The van der Waals surface area contributed by atoms with E-state index < -0.39 is 10.0 Å². The van der Waals surface area contributed by atoms with Crippen LogP contribution in [0.3, 0.4) is 0 Å². The maximum absolute atomic E-state index is 13.0. The van der Waals surface area contributed by atoms with E-state index in [2.05, 4.69) is 10.6 Å². The number of carbonyl (C=O) groups is 1. The van der Waals surface area contributed by atoms with Crippen LogP contribution in [-0.2, 0) is 14.8 Å². The van der Waals surface area contributed by atoms with Crippen LogP contribution in [-0.4, -0.2) is 44.8 Å². The minimum Gasteiger partial charge on any atom is -0.326 e. The molecule has 2 N–H and O–H groups in total. The van der Waals surface area contributed by atoms with Crippen LogP contribution in [0, 0.1) is 5.92 Å². The number of sulfonamides is 1. The van der Waals surface area contributed by atoms with E-state index in [4.69, 9.17) is 0 Å². The summed E-state index contributed by atoms with van der Waals surface area (Å²) in [7, 11) is -1.88. The Hall–Kier alpha value is -1.15. The molecule has 1 saturated carbocycles. The molecule has 158 valence electrons. The first-order chi connectivity index (χ1) is 13.0. The van der Waals surface area contributed by atoms with Gasteiger partial charge in [-0.25, -0.2) is 8.42 Å². The highest BCUT2D eigenvalue weighted by Crippen LogP contribution is 2.27. The summed E-state index contributed by atoms with van der Waals surface area (Å²) in [6.45, 7) is 2.01. The molecule has 3 rings (SSSR count). The quantitative estimate of drug-likeness (QED) is 0.696. The second kappa shape index (κ2) is 10.6. The van der Waals surface area contributed by atoms with E-state index in [1.165, 1.54) is 10.7 Å². The van der Waals surface area contributed by atoms with Gasteiger partial charge in [-0.15, -0.1) is 12.4 Å². The largest absolute Gasteiger partial charge is 0.326 e. The number of halogens is 1. The Kier molecular flexibility index (Phi) is 8.74. The first-order valence-electron chi connectivity index (χ1n) is 10.1. The smallest absolute Gasteiger partial charge is 0.243 e. The fraction of sp³-hybridized carbons (Fsp3) is 0.650. The van der Waals surface area contributed by atoms with Gasteiger partial charge >= 0.3 is 0 Å². The zero-order valence-electron chi connectivity index (χ0n) is 16.5. The van der Waals surface area contributed by atoms with E-state index in [9.17, 15) is 13.2 Å². The number of benzene rings is 1. The molecule has 0 bridgehead atoms. The molecule has 1 heterocycles. The number of rotatable bonds is 7. The Morgan fingerprint density at radius 3 is 2.64 bits per heavy atom. The molecule has 1 aromatic carbocycles. The van der Waals surface area contributed by atoms with Crippen LogP contribution in [0.4, 0.5) is 5.69 Å². The predicted octanol–water partition coefficient (Wildman–Crippen LogP) is 3.39. The molecule has 1 aromatic rings. The summed E-state index contributed by atoms with van der Waals surface area (Å²) in [5.74, 6) is 0.503. The van der Waals surface area contributed by atoms with Gasteiger partial charge in [0.05, 0.1) is 4.90 Å². The summed E-state index contributed by atoms with van der Waals surface area (Å²) in [4.78, 5) is 12.5. The predicted molar refractivity (Wildman–Crippen MR) is 114 cm³/mol. The lowest BCUT2D eigenvalue weighted by molar-refractivity contribution is -0.116. The van der Waals surface area contributed by atoms with E-state index in [1.54, 1.807) is 31.3 Å². The van der Waals surface area contributed by atoms with E-state index in [0.717, 1.165) is 51.6 Å². The minimum absolute atomic E-state index is 0. The molecular formula is C20H32ClN3O3S. The first-order valence-corrected chi connectivity index (χ1v) is 11.5. The van der Waals surface area contributed by atoms with Crippen LogP contribution in [0.15, 0.2) is 29.2 Å². The standard InChI is InChI=1S/C20H31N3O3S.ClH/c1-23(18-7-3-2-4-8-18)27(25,26)19-9-5-6-17(14-19)22-20(24)11-10-16-12-13-21-15-16;/h5-6,9,14,16,18,21H,2-4,7-8,10-13,15H2,1H3,(H,22,24);1H. The summed E-state index contributed by atoms with van der Waals surface area (Å²) >= 11 is 0. The molecule has 1 unspecified atom stereocenters. The summed E-state index contributed by atoms with van der Waals surface area (Å²) in [6, 6.07) is 6.69. The van der Waals surface area contributed by atoms with Crippen molar-refractivity contribution < 1.29 is 13.2 Å². The van der Waals surface area contributed by atoms with Crippen molar-refractivity contribution in [1.29, 1.82) is 0 Å². The maximum atomic E-state index is 13.0. The van der Waals surface area contributed by atoms with Crippen molar-refractivity contribution >= 4 is 34.0 Å². The maximum Gasteiger partial charge on any atom is 0.243 e. The Morgan fingerprint density at radius 2 is 1.96 bits per heavy atom. The van der Waals surface area contributed by atoms with Crippen molar-refractivity contribution in [3.05, 3.63) is 24.3 Å². The van der Waals surface area contributed by atoms with Crippen molar-refractivity contribution in [2.24, 2.45) is 5.92 Å². The molecule has 0 aromatic heterocycles. The van der Waals surface area contributed by atoms with Gasteiger partial charge in [0.1, 0.15) is 0 Å². The molecular weight excluding hydrogens is 398 g/mol. The van der Waals surface area contributed by atoms with Crippen molar-refractivity contribution in [3.63, 3.8) is 0 Å². The van der Waals surface area contributed by atoms with E-state index in [-0.39, 0.29) is 29.3 Å². The third-order valence-electron chi connectivity index (χ3n) is 5.83. The highest BCUT2D eigenvalue weighted by molar-refractivity contribution is 7.89. The molecule has 1 atom stereocenters. The van der Waals surface area contributed by atoms with Crippen LogP contribution in [0.2, 0.25) is 0 Å². The third kappa shape index (κ3) is 5.92. The monoisotopic (exact) mass is 429 g/mol. The first kappa shape index (κ1) is 23.1. The summed E-state index contributed by atoms with van der Waals surface area (Å²) < 4.78 is 27.5. The van der Waals surface area contributed by atoms with Gasteiger partial charge in [-0.3, -0.25) is 4.79 Å². The highest BCUT2D eigenvalue weighted by Gasteiger charge is 2.29. The molecule has 2 aliphatic rings. The minimum atomic E-state index is -3.55. The van der Waals surface area contributed by atoms with Crippen molar-refractivity contribution in [2.45, 2.75) is 62.3 Å². The highest BCUT2D eigenvalue weighted by atomic mass is 35.5. The second-order valence-electron chi connectivity index (χ2n) is 7.79. The van der Waals surface area contributed by atoms with Crippen LogP contribution in [0.1, 0.15) is 51.4 Å². The number of hydrogen-bond donors (Lipinski definition) is 2. The Morgan fingerprint density at radius 1 is 1.21 bits per heavy atom. The van der Waals surface area contributed by atoms with Gasteiger partial charge in [-0.2, -0.15) is 4.31 Å². The SMILES string of the molecule is CN(C1CCCCC1)S(=O)(=O)c1cccc(NC(=O)CCC2CCNC2)c1.Cl. The molecule has 2 fully saturated rings. The topological polar surface area (TPSA) is 78.5 Å². The Bertz CT molecular complexity index is 745. The molecule has 6 nitrogen and oxygen atoms in total. The third-order valence-corrected chi connectivity index (χ3v) is 7.73. The number of hydrogen-bond acceptors (Lipinski definition) is 4. The van der Waals surface area contributed by atoms with Gasteiger partial charge in [-0.05, 0) is 62.9 Å². The Labute approximate surface area is 174 Å². The molecule has 0 radical (unpaired) electrons. The van der Waals surface area contributed by atoms with Gasteiger partial charge in [0, 0.05) is 25.2 Å². The lowest BCUT2D eigenvalue weighted by atomic mass is 9.96. The summed E-state index contributed by atoms with van der Waals surface area (Å²) in [5, 5.41) is 6.16. The lowest BCUT2D eigenvalue weighted by Crippen LogP contribution is -2.38. The van der Waals surface area contributed by atoms with Gasteiger partial charge in [-0.1, -0.05) is 25.3 Å². The van der Waals surface area contributed by atoms with Crippen LogP contribution >= 0.6 is 12.4 Å². The normalized spacial score (nSPS) is 20.7. The Balaban J connectivity index is 0.00000280. The van der Waals surface area contributed by atoms with Gasteiger partial charge in [0.15, 0.2) is 0 Å². The van der Waals surface area contributed by atoms with Crippen LogP contribution < -0.4 is 10.6 Å². The van der Waals surface area contributed by atoms with E-state index >= 15 is 0 Å². The molecule has 8 heteroatoms. The number of carbonyl (C=O) groups excluding carboxylic acids is 1. The molecule has 1 saturated heterocycles. The number of anilines is 1. The molecule has 1 aliphatic carbocycles. The zero-order chi connectivity index (χ0) is 19.3. The van der Waals surface area contributed by atoms with Gasteiger partial charge < -0.3 is 10.6 Å². The summed E-state index contributed by atoms with van der Waals surface area (Å²) in [6.07, 6.45) is 7.63. The van der Waals surface area contributed by atoms with Crippen LogP contribution in [0.25, 0.3) is 0 Å². The van der Waals surface area contributed by atoms with Crippen molar-refractivity contribution in [2.75, 3.05) is 25.5 Å². The van der Waals surface area contributed by atoms with Gasteiger partial charge in [0.25, 0.3) is 0 Å². The molecule has 28 heavy (non-hydrogen) atoms.